The van der Waals surface area contributed by atoms with Gasteiger partial charge in [0.1, 0.15) is 5.82 Å². The van der Waals surface area contributed by atoms with Crippen molar-refractivity contribution < 1.29 is 0 Å². The second-order valence-electron chi connectivity index (χ2n) is 4.82. The van der Waals surface area contributed by atoms with Crippen molar-refractivity contribution in [3.63, 3.8) is 0 Å². The molecule has 6 nitrogen and oxygen atoms in total. The van der Waals surface area contributed by atoms with E-state index in [1.54, 1.807) is 0 Å². The van der Waals surface area contributed by atoms with Gasteiger partial charge in [0.25, 0.3) is 0 Å². The summed E-state index contributed by atoms with van der Waals surface area (Å²) in [5, 5.41) is 1.03. The third-order valence-electron chi connectivity index (χ3n) is 3.39. The average Bonchev–Trinajstić information content (AvgIpc) is 2.96. The first-order chi connectivity index (χ1) is 9.76. The van der Waals surface area contributed by atoms with Crippen molar-refractivity contribution in [1.82, 2.24) is 19.3 Å². The molecule has 1 aliphatic heterocycles. The van der Waals surface area contributed by atoms with Crippen LogP contribution in [0.5, 0.6) is 0 Å². The fraction of sp³-hybridized carbons (Fsp3) is 0.538. The minimum Gasteiger partial charge on any atom is -0.343 e. The zero-order chi connectivity index (χ0) is 13.9. The molecule has 3 heterocycles. The van der Waals surface area contributed by atoms with E-state index >= 15 is 0 Å². The van der Waals surface area contributed by atoms with Crippen LogP contribution in [0.2, 0.25) is 0 Å². The lowest BCUT2D eigenvalue weighted by Crippen LogP contribution is -2.47. The van der Waals surface area contributed by atoms with Gasteiger partial charge in [-0.25, -0.2) is 15.0 Å². The van der Waals surface area contributed by atoms with Crippen LogP contribution in [0.3, 0.4) is 0 Å². The highest BCUT2D eigenvalue weighted by atomic mass is 32.1. The van der Waals surface area contributed by atoms with E-state index in [1.165, 1.54) is 11.5 Å². The topological polar surface area (TPSA) is 58.0 Å². The normalized spacial score (nSPS) is 15.7. The van der Waals surface area contributed by atoms with Crippen LogP contribution in [0.4, 0.5) is 11.1 Å². The number of rotatable bonds is 3. The number of nitrogens with zero attached hydrogens (tertiary/aromatic N) is 6. The van der Waals surface area contributed by atoms with Crippen LogP contribution < -0.4 is 9.80 Å². The van der Waals surface area contributed by atoms with Crippen LogP contribution in [0.25, 0.3) is 0 Å². The Balaban J connectivity index is 1.64. The molecule has 7 heteroatoms. The van der Waals surface area contributed by atoms with Gasteiger partial charge >= 0.3 is 0 Å². The molecule has 1 aliphatic rings. The van der Waals surface area contributed by atoms with Gasteiger partial charge in [0, 0.05) is 56.0 Å². The van der Waals surface area contributed by atoms with Gasteiger partial charge in [0.05, 0.1) is 0 Å². The Morgan fingerprint density at radius 2 is 1.90 bits per heavy atom. The summed E-state index contributed by atoms with van der Waals surface area (Å²) in [5.41, 5.74) is 1.01. The van der Waals surface area contributed by atoms with Crippen molar-refractivity contribution in [2.24, 2.45) is 0 Å². The summed E-state index contributed by atoms with van der Waals surface area (Å²) in [4.78, 5) is 17.9. The molecule has 1 saturated heterocycles. The molecular weight excluding hydrogens is 272 g/mol. The first-order valence-corrected chi connectivity index (χ1v) is 7.65. The van der Waals surface area contributed by atoms with Crippen molar-refractivity contribution >= 4 is 22.6 Å². The Morgan fingerprint density at radius 3 is 2.55 bits per heavy atom. The summed E-state index contributed by atoms with van der Waals surface area (Å²) in [6.45, 7) is 7.80. The lowest BCUT2D eigenvalue weighted by molar-refractivity contribution is 0.637. The van der Waals surface area contributed by atoms with Crippen molar-refractivity contribution in [3.8, 4) is 0 Å². The quantitative estimate of drug-likeness (QED) is 0.854. The number of aryl methyl sites for hydroxylation is 2. The zero-order valence-corrected chi connectivity index (χ0v) is 12.6. The Bertz CT molecular complexity index is 576. The van der Waals surface area contributed by atoms with E-state index in [4.69, 9.17) is 0 Å². The first kappa shape index (κ1) is 13.2. The third kappa shape index (κ3) is 2.72. The lowest BCUT2D eigenvalue weighted by Gasteiger charge is -2.34. The molecule has 0 unspecified atom stereocenters. The summed E-state index contributed by atoms with van der Waals surface area (Å²) >= 11 is 1.50. The van der Waals surface area contributed by atoms with Gasteiger partial charge in [0.15, 0.2) is 0 Å². The van der Waals surface area contributed by atoms with E-state index in [-0.39, 0.29) is 0 Å². The van der Waals surface area contributed by atoms with Crippen LogP contribution in [-0.4, -0.2) is 45.5 Å². The SMILES string of the molecule is CCc1nsc(N2CCN(c3nccc(C)n3)CC2)n1. The maximum absolute atomic E-state index is 4.55. The molecule has 3 rings (SSSR count). The molecule has 2 aromatic heterocycles. The monoisotopic (exact) mass is 290 g/mol. The van der Waals surface area contributed by atoms with Crippen molar-refractivity contribution in [2.45, 2.75) is 20.3 Å². The molecule has 0 N–H and O–H groups in total. The van der Waals surface area contributed by atoms with E-state index in [2.05, 4.69) is 36.0 Å². The number of hydrogen-bond acceptors (Lipinski definition) is 7. The number of anilines is 2. The van der Waals surface area contributed by atoms with Crippen LogP contribution in [-0.2, 0) is 6.42 Å². The van der Waals surface area contributed by atoms with Gasteiger partial charge in [-0.3, -0.25) is 0 Å². The minimum absolute atomic E-state index is 0.830. The maximum atomic E-state index is 4.55. The van der Waals surface area contributed by atoms with Crippen LogP contribution in [0.15, 0.2) is 12.3 Å². The van der Waals surface area contributed by atoms with E-state index in [0.29, 0.717) is 0 Å². The average molecular weight is 290 g/mol. The van der Waals surface area contributed by atoms with E-state index in [0.717, 1.165) is 55.2 Å². The van der Waals surface area contributed by atoms with Gasteiger partial charge in [-0.2, -0.15) is 4.37 Å². The highest BCUT2D eigenvalue weighted by Gasteiger charge is 2.21. The fourth-order valence-corrected chi connectivity index (χ4v) is 3.00. The summed E-state index contributed by atoms with van der Waals surface area (Å²) in [7, 11) is 0. The number of piperazine rings is 1. The second-order valence-corrected chi connectivity index (χ2v) is 5.55. The van der Waals surface area contributed by atoms with Crippen molar-refractivity contribution in [3.05, 3.63) is 23.8 Å². The predicted molar refractivity (Wildman–Crippen MR) is 80.5 cm³/mol. The molecule has 0 bridgehead atoms. The third-order valence-corrected chi connectivity index (χ3v) is 4.20. The van der Waals surface area contributed by atoms with Gasteiger partial charge in [-0.05, 0) is 13.0 Å². The maximum Gasteiger partial charge on any atom is 0.225 e. The molecule has 0 amide bonds. The molecule has 0 atom stereocenters. The predicted octanol–water partition coefficient (Wildman–Crippen LogP) is 1.53. The van der Waals surface area contributed by atoms with Gasteiger partial charge in [0.2, 0.25) is 11.1 Å². The molecule has 1 fully saturated rings. The zero-order valence-electron chi connectivity index (χ0n) is 11.8. The number of hydrogen-bond donors (Lipinski definition) is 0. The van der Waals surface area contributed by atoms with Crippen LogP contribution in [0, 0.1) is 6.92 Å². The fourth-order valence-electron chi connectivity index (χ4n) is 2.20. The largest absolute Gasteiger partial charge is 0.343 e. The van der Waals surface area contributed by atoms with E-state index < -0.39 is 0 Å². The van der Waals surface area contributed by atoms with Gasteiger partial charge < -0.3 is 9.80 Å². The summed E-state index contributed by atoms with van der Waals surface area (Å²) in [6.07, 6.45) is 2.72. The Hall–Kier alpha value is -1.76. The Labute approximate surface area is 122 Å². The molecule has 0 aromatic carbocycles. The van der Waals surface area contributed by atoms with Crippen molar-refractivity contribution in [2.75, 3.05) is 36.0 Å². The molecule has 2 aromatic rings. The van der Waals surface area contributed by atoms with Crippen LogP contribution >= 0.6 is 11.5 Å². The van der Waals surface area contributed by atoms with E-state index in [1.807, 2.05) is 19.2 Å². The Morgan fingerprint density at radius 1 is 1.15 bits per heavy atom. The smallest absolute Gasteiger partial charge is 0.225 e. The molecule has 0 aliphatic carbocycles. The van der Waals surface area contributed by atoms with Gasteiger partial charge in [-0.15, -0.1) is 0 Å². The second kappa shape index (κ2) is 5.70. The Kier molecular flexibility index (Phi) is 3.77. The molecule has 0 radical (unpaired) electrons. The molecule has 0 saturated carbocycles. The number of aromatic nitrogens is 4. The summed E-state index contributed by atoms with van der Waals surface area (Å²) in [6, 6.07) is 1.92. The van der Waals surface area contributed by atoms with E-state index in [9.17, 15) is 0 Å². The highest BCUT2D eigenvalue weighted by Crippen LogP contribution is 2.20. The summed E-state index contributed by atoms with van der Waals surface area (Å²) < 4.78 is 4.35. The molecule has 0 spiro atoms. The standard InChI is InChI=1S/C13H18N6S/c1-3-11-16-13(20-17-11)19-8-6-18(7-9-19)12-14-5-4-10(2)15-12/h4-5H,3,6-9H2,1-2H3. The van der Waals surface area contributed by atoms with Crippen LogP contribution in [0.1, 0.15) is 18.4 Å². The highest BCUT2D eigenvalue weighted by molar-refractivity contribution is 7.09. The first-order valence-electron chi connectivity index (χ1n) is 6.88. The van der Waals surface area contributed by atoms with Gasteiger partial charge in [-0.1, -0.05) is 6.92 Å². The molecule has 20 heavy (non-hydrogen) atoms. The minimum atomic E-state index is 0.830. The van der Waals surface area contributed by atoms with Crippen molar-refractivity contribution in [1.29, 1.82) is 0 Å². The summed E-state index contributed by atoms with van der Waals surface area (Å²) in [5.74, 6) is 1.77. The molecular formula is C13H18N6S. The molecule has 106 valence electrons. The lowest BCUT2D eigenvalue weighted by atomic mass is 10.3.